The van der Waals surface area contributed by atoms with E-state index in [1.54, 1.807) is 13.8 Å². The number of esters is 1. The summed E-state index contributed by atoms with van der Waals surface area (Å²) in [6.45, 7) is 5.43. The maximum absolute atomic E-state index is 12.2. The van der Waals surface area contributed by atoms with Crippen LogP contribution in [0.2, 0.25) is 0 Å². The number of nitrogens with zero attached hydrogens (tertiary/aromatic N) is 1. The molecule has 1 aliphatic heterocycles. The molecule has 1 saturated heterocycles. The third kappa shape index (κ3) is 3.85. The first-order valence-corrected chi connectivity index (χ1v) is 6.86. The van der Waals surface area contributed by atoms with E-state index in [1.807, 2.05) is 31.2 Å². The molecule has 1 aromatic carbocycles. The Labute approximate surface area is 129 Å². The minimum atomic E-state index is -1.06. The highest BCUT2D eigenvalue weighted by atomic mass is 16.8. The number of amides is 1. The number of benzene rings is 1. The summed E-state index contributed by atoms with van der Waals surface area (Å²) < 4.78 is 10.2. The van der Waals surface area contributed by atoms with Crippen molar-refractivity contribution in [3.8, 4) is 0 Å². The Morgan fingerprint density at radius 2 is 1.91 bits per heavy atom. The molecule has 0 atom stereocenters. The van der Waals surface area contributed by atoms with Crippen LogP contribution in [0, 0.1) is 6.92 Å². The standard InChI is InChI=1S/C16H19NO5/c1-11-5-7-12(8-6-11)10-17(20-4)14(18)9-13-15(19)22-16(2,3)21-13/h5-9H,10H2,1-4H3. The molecule has 0 aliphatic carbocycles. The van der Waals surface area contributed by atoms with Crippen molar-refractivity contribution in [1.29, 1.82) is 0 Å². The molecule has 22 heavy (non-hydrogen) atoms. The van der Waals surface area contributed by atoms with Crippen LogP contribution in [-0.4, -0.2) is 29.8 Å². The summed E-state index contributed by atoms with van der Waals surface area (Å²) in [6.07, 6.45) is 1.08. The lowest BCUT2D eigenvalue weighted by Crippen LogP contribution is -2.28. The smallest absolute Gasteiger partial charge is 0.377 e. The Morgan fingerprint density at radius 3 is 2.41 bits per heavy atom. The van der Waals surface area contributed by atoms with Gasteiger partial charge in [-0.1, -0.05) is 29.8 Å². The van der Waals surface area contributed by atoms with Gasteiger partial charge in [-0.15, -0.1) is 0 Å². The van der Waals surface area contributed by atoms with Crippen LogP contribution < -0.4 is 0 Å². The molecule has 0 radical (unpaired) electrons. The van der Waals surface area contributed by atoms with E-state index < -0.39 is 17.7 Å². The fourth-order valence-electron chi connectivity index (χ4n) is 1.97. The predicted molar refractivity (Wildman–Crippen MR) is 78.1 cm³/mol. The molecule has 2 rings (SSSR count). The van der Waals surface area contributed by atoms with Crippen molar-refractivity contribution >= 4 is 11.9 Å². The third-order valence-electron chi connectivity index (χ3n) is 3.06. The number of carbonyl (C=O) groups excluding carboxylic acids is 2. The van der Waals surface area contributed by atoms with Gasteiger partial charge in [0.25, 0.3) is 5.91 Å². The van der Waals surface area contributed by atoms with Crippen LogP contribution in [0.25, 0.3) is 0 Å². The number of cyclic esters (lactones) is 1. The van der Waals surface area contributed by atoms with Crippen LogP contribution in [0.5, 0.6) is 0 Å². The quantitative estimate of drug-likeness (QED) is 0.484. The Hall–Kier alpha value is -2.34. The number of hydrogen-bond acceptors (Lipinski definition) is 5. The first-order valence-electron chi connectivity index (χ1n) is 6.86. The minimum Gasteiger partial charge on any atom is -0.445 e. The number of rotatable bonds is 4. The lowest BCUT2D eigenvalue weighted by Gasteiger charge is -2.18. The SMILES string of the molecule is CON(Cc1ccc(C)cc1)C(=O)C=C1OC(C)(C)OC1=O. The number of carbonyl (C=O) groups is 2. The fourth-order valence-corrected chi connectivity index (χ4v) is 1.97. The van der Waals surface area contributed by atoms with Crippen molar-refractivity contribution in [2.24, 2.45) is 0 Å². The molecule has 1 fully saturated rings. The number of aryl methyl sites for hydroxylation is 1. The van der Waals surface area contributed by atoms with Crippen molar-refractivity contribution in [3.05, 3.63) is 47.2 Å². The first-order chi connectivity index (χ1) is 10.3. The average Bonchev–Trinajstić information content (AvgIpc) is 2.70. The van der Waals surface area contributed by atoms with Crippen LogP contribution >= 0.6 is 0 Å². The van der Waals surface area contributed by atoms with E-state index in [0.29, 0.717) is 0 Å². The first kappa shape index (κ1) is 16.0. The zero-order valence-electron chi connectivity index (χ0n) is 13.1. The molecule has 1 aliphatic rings. The highest BCUT2D eigenvalue weighted by molar-refractivity contribution is 5.97. The summed E-state index contributed by atoms with van der Waals surface area (Å²) in [4.78, 5) is 28.9. The van der Waals surface area contributed by atoms with Gasteiger partial charge in [0.15, 0.2) is 0 Å². The van der Waals surface area contributed by atoms with Gasteiger partial charge in [0.05, 0.1) is 19.7 Å². The average molecular weight is 305 g/mol. The van der Waals surface area contributed by atoms with E-state index in [9.17, 15) is 9.59 Å². The van der Waals surface area contributed by atoms with Gasteiger partial charge < -0.3 is 9.47 Å². The second kappa shape index (κ2) is 6.19. The summed E-state index contributed by atoms with van der Waals surface area (Å²) in [6, 6.07) is 7.72. The van der Waals surface area contributed by atoms with Crippen LogP contribution in [0.3, 0.4) is 0 Å². The van der Waals surface area contributed by atoms with Crippen molar-refractivity contribution in [2.75, 3.05) is 7.11 Å². The molecule has 1 aromatic rings. The van der Waals surface area contributed by atoms with E-state index in [4.69, 9.17) is 14.3 Å². The zero-order chi connectivity index (χ0) is 16.3. The second-order valence-corrected chi connectivity index (χ2v) is 5.44. The molecule has 0 unspecified atom stereocenters. The van der Waals surface area contributed by atoms with Crippen LogP contribution in [0.4, 0.5) is 0 Å². The number of hydroxylamine groups is 2. The Morgan fingerprint density at radius 1 is 1.27 bits per heavy atom. The lowest BCUT2D eigenvalue weighted by molar-refractivity contribution is -0.173. The van der Waals surface area contributed by atoms with Crippen LogP contribution in [0.1, 0.15) is 25.0 Å². The number of ether oxygens (including phenoxy) is 2. The van der Waals surface area contributed by atoms with E-state index in [1.165, 1.54) is 7.11 Å². The summed E-state index contributed by atoms with van der Waals surface area (Å²) >= 11 is 0. The van der Waals surface area contributed by atoms with Crippen molar-refractivity contribution in [2.45, 2.75) is 33.1 Å². The molecular weight excluding hydrogens is 286 g/mol. The molecule has 0 spiro atoms. The molecular formula is C16H19NO5. The monoisotopic (exact) mass is 305 g/mol. The highest BCUT2D eigenvalue weighted by Crippen LogP contribution is 2.26. The molecule has 1 amide bonds. The third-order valence-corrected chi connectivity index (χ3v) is 3.06. The zero-order valence-corrected chi connectivity index (χ0v) is 13.1. The van der Waals surface area contributed by atoms with E-state index in [2.05, 4.69) is 0 Å². The van der Waals surface area contributed by atoms with Crippen molar-refractivity contribution in [3.63, 3.8) is 0 Å². The van der Waals surface area contributed by atoms with E-state index in [0.717, 1.165) is 22.3 Å². The lowest BCUT2D eigenvalue weighted by atomic mass is 10.1. The molecule has 0 bridgehead atoms. The summed E-state index contributed by atoms with van der Waals surface area (Å²) in [7, 11) is 1.39. The molecule has 118 valence electrons. The maximum atomic E-state index is 12.2. The van der Waals surface area contributed by atoms with E-state index in [-0.39, 0.29) is 12.3 Å². The normalized spacial score (nSPS) is 18.0. The summed E-state index contributed by atoms with van der Waals surface area (Å²) in [5, 5.41) is 1.14. The molecule has 0 aromatic heterocycles. The van der Waals surface area contributed by atoms with Gasteiger partial charge in [-0.25, -0.2) is 9.86 Å². The van der Waals surface area contributed by atoms with Crippen molar-refractivity contribution < 1.29 is 23.9 Å². The largest absolute Gasteiger partial charge is 0.445 e. The molecule has 6 heteroatoms. The Balaban J connectivity index is 2.09. The van der Waals surface area contributed by atoms with E-state index >= 15 is 0 Å². The van der Waals surface area contributed by atoms with Gasteiger partial charge in [0.2, 0.25) is 11.5 Å². The van der Waals surface area contributed by atoms with Gasteiger partial charge in [0.1, 0.15) is 0 Å². The minimum absolute atomic E-state index is 0.124. The molecule has 6 nitrogen and oxygen atoms in total. The second-order valence-electron chi connectivity index (χ2n) is 5.44. The predicted octanol–water partition coefficient (Wildman–Crippen LogP) is 2.08. The molecule has 0 saturated carbocycles. The maximum Gasteiger partial charge on any atom is 0.377 e. The summed E-state index contributed by atoms with van der Waals surface area (Å²) in [5.74, 6) is -2.34. The van der Waals surface area contributed by atoms with Crippen LogP contribution in [-0.2, 0) is 30.4 Å². The number of hydrogen-bond donors (Lipinski definition) is 0. The Kier molecular flexibility index (Phi) is 4.51. The molecule has 1 heterocycles. The van der Waals surface area contributed by atoms with Gasteiger partial charge in [0, 0.05) is 13.8 Å². The highest BCUT2D eigenvalue weighted by Gasteiger charge is 2.38. The van der Waals surface area contributed by atoms with Gasteiger partial charge >= 0.3 is 5.97 Å². The van der Waals surface area contributed by atoms with Gasteiger partial charge in [-0.05, 0) is 12.5 Å². The fraction of sp³-hybridized carbons (Fsp3) is 0.375. The summed E-state index contributed by atoms with van der Waals surface area (Å²) in [5.41, 5.74) is 2.04. The Bertz CT molecular complexity index is 603. The van der Waals surface area contributed by atoms with Crippen molar-refractivity contribution in [1.82, 2.24) is 5.06 Å². The van der Waals surface area contributed by atoms with Gasteiger partial charge in [-0.3, -0.25) is 9.63 Å². The molecule has 0 N–H and O–H groups in total. The van der Waals surface area contributed by atoms with Gasteiger partial charge in [-0.2, -0.15) is 0 Å². The topological polar surface area (TPSA) is 65.1 Å². The van der Waals surface area contributed by atoms with Crippen LogP contribution in [0.15, 0.2) is 36.1 Å².